The number of hydrogen-bond acceptors (Lipinski definition) is 4. The molecule has 1 aromatic rings. The van der Waals surface area contributed by atoms with E-state index in [0.717, 1.165) is 19.6 Å². The second kappa shape index (κ2) is 7.71. The molecule has 1 fully saturated rings. The van der Waals surface area contributed by atoms with Crippen LogP contribution in [-0.2, 0) is 14.8 Å². The van der Waals surface area contributed by atoms with Gasteiger partial charge < -0.3 is 10.2 Å². The number of hydrogen-bond donors (Lipinski definition) is 2. The number of anilines is 1. The summed E-state index contributed by atoms with van der Waals surface area (Å²) in [6, 6.07) is 6.16. The Morgan fingerprint density at radius 3 is 2.36 bits per heavy atom. The second-order valence-electron chi connectivity index (χ2n) is 5.51. The third kappa shape index (κ3) is 5.08. The summed E-state index contributed by atoms with van der Waals surface area (Å²) in [5.74, 6) is -0.185. The first-order valence-corrected chi connectivity index (χ1v) is 9.05. The lowest BCUT2D eigenvalue weighted by Gasteiger charge is -2.26. The van der Waals surface area contributed by atoms with Crippen LogP contribution < -0.4 is 10.0 Å². The van der Waals surface area contributed by atoms with E-state index in [9.17, 15) is 13.2 Å². The molecule has 0 atom stereocenters. The van der Waals surface area contributed by atoms with Gasteiger partial charge in [0.25, 0.3) is 0 Å². The largest absolute Gasteiger partial charge is 0.326 e. The highest BCUT2D eigenvalue weighted by molar-refractivity contribution is 7.89. The summed E-state index contributed by atoms with van der Waals surface area (Å²) < 4.78 is 27.0. The maximum atomic E-state index is 12.2. The predicted octanol–water partition coefficient (Wildman–Crippen LogP) is 1.41. The SMILES string of the molecule is CC(=O)Nc1ccc(S(=O)(=O)NCCN2CCCCC2)cc1. The van der Waals surface area contributed by atoms with Crippen molar-refractivity contribution >= 4 is 21.6 Å². The van der Waals surface area contributed by atoms with Gasteiger partial charge in [-0.05, 0) is 50.2 Å². The van der Waals surface area contributed by atoms with Gasteiger partial charge in [-0.1, -0.05) is 6.42 Å². The minimum absolute atomic E-state index is 0.185. The number of sulfonamides is 1. The minimum atomic E-state index is -3.50. The number of carbonyl (C=O) groups excluding carboxylic acids is 1. The van der Waals surface area contributed by atoms with Crippen molar-refractivity contribution in [2.24, 2.45) is 0 Å². The van der Waals surface area contributed by atoms with Gasteiger partial charge in [0.2, 0.25) is 15.9 Å². The fraction of sp³-hybridized carbons (Fsp3) is 0.533. The van der Waals surface area contributed by atoms with Gasteiger partial charge in [0, 0.05) is 25.7 Å². The van der Waals surface area contributed by atoms with E-state index in [1.807, 2.05) is 0 Å². The lowest BCUT2D eigenvalue weighted by molar-refractivity contribution is -0.114. The van der Waals surface area contributed by atoms with E-state index in [-0.39, 0.29) is 10.8 Å². The molecule has 1 aliphatic rings. The Morgan fingerprint density at radius 1 is 1.14 bits per heavy atom. The molecule has 1 heterocycles. The highest BCUT2D eigenvalue weighted by Crippen LogP contribution is 2.14. The van der Waals surface area contributed by atoms with Crippen LogP contribution in [-0.4, -0.2) is 45.4 Å². The molecule has 1 aliphatic heterocycles. The lowest BCUT2D eigenvalue weighted by Crippen LogP contribution is -2.37. The molecule has 0 aliphatic carbocycles. The average Bonchev–Trinajstić information content (AvgIpc) is 2.48. The van der Waals surface area contributed by atoms with E-state index in [1.54, 1.807) is 12.1 Å². The molecule has 0 unspecified atom stereocenters. The number of piperidine rings is 1. The fourth-order valence-corrected chi connectivity index (χ4v) is 3.55. The van der Waals surface area contributed by atoms with Crippen molar-refractivity contribution in [3.8, 4) is 0 Å². The fourth-order valence-electron chi connectivity index (χ4n) is 2.53. The van der Waals surface area contributed by atoms with Crippen LogP contribution in [0.5, 0.6) is 0 Å². The summed E-state index contributed by atoms with van der Waals surface area (Å²) in [7, 11) is -3.50. The number of carbonyl (C=O) groups is 1. The van der Waals surface area contributed by atoms with Crippen LogP contribution >= 0.6 is 0 Å². The van der Waals surface area contributed by atoms with Gasteiger partial charge in [-0.3, -0.25) is 4.79 Å². The summed E-state index contributed by atoms with van der Waals surface area (Å²) in [6.07, 6.45) is 3.65. The van der Waals surface area contributed by atoms with Crippen LogP contribution in [0.3, 0.4) is 0 Å². The lowest BCUT2D eigenvalue weighted by atomic mass is 10.1. The first-order valence-electron chi connectivity index (χ1n) is 7.57. The summed E-state index contributed by atoms with van der Waals surface area (Å²) in [5, 5.41) is 2.61. The molecule has 6 nitrogen and oxygen atoms in total. The molecule has 1 aromatic carbocycles. The average molecular weight is 325 g/mol. The van der Waals surface area contributed by atoms with Crippen molar-refractivity contribution in [3.63, 3.8) is 0 Å². The van der Waals surface area contributed by atoms with Crippen molar-refractivity contribution in [2.75, 3.05) is 31.5 Å². The van der Waals surface area contributed by atoms with Gasteiger partial charge in [-0.25, -0.2) is 13.1 Å². The predicted molar refractivity (Wildman–Crippen MR) is 86.2 cm³/mol. The van der Waals surface area contributed by atoms with Crippen LogP contribution in [0.15, 0.2) is 29.2 Å². The summed E-state index contributed by atoms with van der Waals surface area (Å²) in [5.41, 5.74) is 0.583. The second-order valence-corrected chi connectivity index (χ2v) is 7.27. The number of nitrogens with one attached hydrogen (secondary N) is 2. The van der Waals surface area contributed by atoms with E-state index < -0.39 is 10.0 Å². The molecular weight excluding hydrogens is 302 g/mol. The van der Waals surface area contributed by atoms with E-state index >= 15 is 0 Å². The van der Waals surface area contributed by atoms with E-state index in [2.05, 4.69) is 14.9 Å². The summed E-state index contributed by atoms with van der Waals surface area (Å²) >= 11 is 0. The molecule has 2 N–H and O–H groups in total. The standard InChI is InChI=1S/C15H23N3O3S/c1-13(19)17-14-5-7-15(8-6-14)22(20,21)16-9-12-18-10-3-2-4-11-18/h5-8,16H,2-4,9-12H2,1H3,(H,17,19). The van der Waals surface area contributed by atoms with Crippen LogP contribution in [0, 0.1) is 0 Å². The normalized spacial score (nSPS) is 16.4. The number of rotatable bonds is 6. The van der Waals surface area contributed by atoms with Crippen LogP contribution in [0.1, 0.15) is 26.2 Å². The molecule has 1 amide bonds. The number of benzene rings is 1. The van der Waals surface area contributed by atoms with Gasteiger partial charge in [-0.2, -0.15) is 0 Å². The van der Waals surface area contributed by atoms with Crippen molar-refractivity contribution in [2.45, 2.75) is 31.1 Å². The van der Waals surface area contributed by atoms with Crippen LogP contribution in [0.2, 0.25) is 0 Å². The highest BCUT2D eigenvalue weighted by Gasteiger charge is 2.15. The van der Waals surface area contributed by atoms with E-state index in [0.29, 0.717) is 12.2 Å². The maximum absolute atomic E-state index is 12.2. The van der Waals surface area contributed by atoms with Gasteiger partial charge >= 0.3 is 0 Å². The Hall–Kier alpha value is -1.44. The van der Waals surface area contributed by atoms with Gasteiger partial charge in [0.15, 0.2) is 0 Å². The molecule has 0 radical (unpaired) electrons. The van der Waals surface area contributed by atoms with E-state index in [1.165, 1.54) is 38.3 Å². The Labute approximate surface area is 131 Å². The third-order valence-corrected chi connectivity index (χ3v) is 5.13. The molecule has 0 bridgehead atoms. The number of likely N-dealkylation sites (tertiary alicyclic amines) is 1. The summed E-state index contributed by atoms with van der Waals surface area (Å²) in [6.45, 7) is 4.66. The molecule has 0 aromatic heterocycles. The van der Waals surface area contributed by atoms with Gasteiger partial charge in [0.1, 0.15) is 0 Å². The van der Waals surface area contributed by atoms with Crippen molar-refractivity contribution in [3.05, 3.63) is 24.3 Å². The Balaban J connectivity index is 1.87. The minimum Gasteiger partial charge on any atom is -0.326 e. The molecule has 0 saturated carbocycles. The van der Waals surface area contributed by atoms with Crippen LogP contribution in [0.25, 0.3) is 0 Å². The number of amides is 1. The topological polar surface area (TPSA) is 78.5 Å². The van der Waals surface area contributed by atoms with Crippen molar-refractivity contribution < 1.29 is 13.2 Å². The third-order valence-electron chi connectivity index (χ3n) is 3.65. The zero-order chi connectivity index (χ0) is 16.0. The molecule has 2 rings (SSSR count). The Bertz CT molecular complexity index is 593. The Morgan fingerprint density at radius 2 is 1.77 bits per heavy atom. The summed E-state index contributed by atoms with van der Waals surface area (Å²) in [4.78, 5) is 13.4. The van der Waals surface area contributed by atoms with Crippen molar-refractivity contribution in [1.82, 2.24) is 9.62 Å². The van der Waals surface area contributed by atoms with Crippen molar-refractivity contribution in [1.29, 1.82) is 0 Å². The quantitative estimate of drug-likeness (QED) is 0.829. The molecule has 7 heteroatoms. The van der Waals surface area contributed by atoms with E-state index in [4.69, 9.17) is 0 Å². The monoisotopic (exact) mass is 325 g/mol. The first-order chi connectivity index (χ1) is 10.5. The van der Waals surface area contributed by atoms with Gasteiger partial charge in [-0.15, -0.1) is 0 Å². The smallest absolute Gasteiger partial charge is 0.240 e. The molecule has 22 heavy (non-hydrogen) atoms. The number of nitrogens with zero attached hydrogens (tertiary/aromatic N) is 1. The molecule has 122 valence electrons. The van der Waals surface area contributed by atoms with Gasteiger partial charge in [0.05, 0.1) is 4.90 Å². The first kappa shape index (κ1) is 16.9. The zero-order valence-electron chi connectivity index (χ0n) is 12.8. The van der Waals surface area contributed by atoms with Crippen LogP contribution in [0.4, 0.5) is 5.69 Å². The highest BCUT2D eigenvalue weighted by atomic mass is 32.2. The molecule has 0 spiro atoms. The zero-order valence-corrected chi connectivity index (χ0v) is 13.7. The molecule has 1 saturated heterocycles. The maximum Gasteiger partial charge on any atom is 0.240 e. The molecular formula is C15H23N3O3S. The Kier molecular flexibility index (Phi) is 5.93.